The van der Waals surface area contributed by atoms with Crippen LogP contribution in [0.5, 0.6) is 5.88 Å². The third kappa shape index (κ3) is 1.81. The number of hydrogen-bond donors (Lipinski definition) is 1. The first-order valence-electron chi connectivity index (χ1n) is 5.20. The van der Waals surface area contributed by atoms with Gasteiger partial charge in [0, 0.05) is 24.0 Å². The van der Waals surface area contributed by atoms with Gasteiger partial charge < -0.3 is 9.26 Å². The largest absolute Gasteiger partial charge is 0.481 e. The average Bonchev–Trinajstić information content (AvgIpc) is 3.09. The number of H-pyrrole nitrogens is 1. The minimum atomic E-state index is 0.387. The number of methoxy groups -OCH3 is 1. The smallest absolute Gasteiger partial charge is 0.276 e. The maximum atomic E-state index is 5.13. The lowest BCUT2D eigenvalue weighted by molar-refractivity contribution is 0.398. The molecule has 3 rings (SSSR count). The van der Waals surface area contributed by atoms with Crippen LogP contribution >= 0.6 is 0 Å². The molecule has 3 aromatic heterocycles. The molecule has 90 valence electrons. The zero-order valence-corrected chi connectivity index (χ0v) is 9.49. The van der Waals surface area contributed by atoms with E-state index >= 15 is 0 Å². The Morgan fingerprint density at radius 3 is 2.89 bits per heavy atom. The molecule has 0 saturated heterocycles. The van der Waals surface area contributed by atoms with Gasteiger partial charge >= 0.3 is 0 Å². The minimum Gasteiger partial charge on any atom is -0.481 e. The Morgan fingerprint density at radius 2 is 2.22 bits per heavy atom. The molecule has 3 heterocycles. The van der Waals surface area contributed by atoms with Crippen LogP contribution in [0.3, 0.4) is 0 Å². The molecule has 0 spiro atoms. The summed E-state index contributed by atoms with van der Waals surface area (Å²) in [5.41, 5.74) is 1.43. The van der Waals surface area contributed by atoms with E-state index in [1.165, 1.54) is 0 Å². The predicted molar refractivity (Wildman–Crippen MR) is 61.7 cm³/mol. The zero-order chi connectivity index (χ0) is 12.4. The SMILES string of the molecule is COc1ccc(-c2noc(-c3ccn[nH]3)n2)cn1. The van der Waals surface area contributed by atoms with Crippen LogP contribution in [0.1, 0.15) is 0 Å². The van der Waals surface area contributed by atoms with Crippen molar-refractivity contribution in [1.29, 1.82) is 0 Å². The van der Waals surface area contributed by atoms with Crippen LogP contribution in [0, 0.1) is 0 Å². The highest BCUT2D eigenvalue weighted by Gasteiger charge is 2.11. The van der Waals surface area contributed by atoms with E-state index in [4.69, 9.17) is 9.26 Å². The van der Waals surface area contributed by atoms with Crippen LogP contribution in [-0.2, 0) is 0 Å². The quantitative estimate of drug-likeness (QED) is 0.750. The summed E-state index contributed by atoms with van der Waals surface area (Å²) in [7, 11) is 1.56. The Morgan fingerprint density at radius 1 is 1.28 bits per heavy atom. The first-order valence-corrected chi connectivity index (χ1v) is 5.20. The second-order valence-electron chi connectivity index (χ2n) is 3.48. The number of aromatic nitrogens is 5. The van der Waals surface area contributed by atoms with E-state index < -0.39 is 0 Å². The molecule has 0 saturated carbocycles. The summed E-state index contributed by atoms with van der Waals surface area (Å²) in [5, 5.41) is 10.5. The van der Waals surface area contributed by atoms with E-state index in [2.05, 4.69) is 25.3 Å². The van der Waals surface area contributed by atoms with Crippen molar-refractivity contribution < 1.29 is 9.26 Å². The van der Waals surface area contributed by atoms with Gasteiger partial charge in [0.2, 0.25) is 11.7 Å². The summed E-state index contributed by atoms with van der Waals surface area (Å²) in [6.45, 7) is 0. The Labute approximate surface area is 102 Å². The highest BCUT2D eigenvalue weighted by atomic mass is 16.5. The molecule has 0 fully saturated rings. The summed E-state index contributed by atoms with van der Waals surface area (Å²) < 4.78 is 10.1. The molecule has 0 aliphatic carbocycles. The van der Waals surface area contributed by atoms with Crippen molar-refractivity contribution >= 4 is 0 Å². The second-order valence-corrected chi connectivity index (χ2v) is 3.48. The Hall–Kier alpha value is -2.70. The van der Waals surface area contributed by atoms with Gasteiger partial charge in [-0.3, -0.25) is 5.10 Å². The summed E-state index contributed by atoms with van der Waals surface area (Å²) in [5.74, 6) is 1.39. The molecule has 0 aromatic carbocycles. The molecule has 0 aliphatic rings. The number of pyridine rings is 1. The summed E-state index contributed by atoms with van der Waals surface area (Å²) in [4.78, 5) is 8.33. The van der Waals surface area contributed by atoms with Crippen LogP contribution in [0.25, 0.3) is 23.0 Å². The number of nitrogens with zero attached hydrogens (tertiary/aromatic N) is 4. The molecular formula is C11H9N5O2. The highest BCUT2D eigenvalue weighted by molar-refractivity contribution is 5.56. The van der Waals surface area contributed by atoms with Gasteiger partial charge in [0.25, 0.3) is 5.89 Å². The zero-order valence-electron chi connectivity index (χ0n) is 9.49. The van der Waals surface area contributed by atoms with Gasteiger partial charge in [-0.25, -0.2) is 4.98 Å². The lowest BCUT2D eigenvalue weighted by Gasteiger charge is -1.97. The fourth-order valence-electron chi connectivity index (χ4n) is 1.46. The van der Waals surface area contributed by atoms with Crippen molar-refractivity contribution in [3.05, 3.63) is 30.6 Å². The molecule has 0 aliphatic heterocycles. The average molecular weight is 243 g/mol. The first-order chi connectivity index (χ1) is 8.86. The molecular weight excluding hydrogens is 234 g/mol. The summed E-state index contributed by atoms with van der Waals surface area (Å²) in [6.07, 6.45) is 3.24. The molecule has 1 N–H and O–H groups in total. The number of rotatable bonds is 3. The van der Waals surface area contributed by atoms with Crippen LogP contribution in [0.15, 0.2) is 35.1 Å². The fourth-order valence-corrected chi connectivity index (χ4v) is 1.46. The van der Waals surface area contributed by atoms with Gasteiger partial charge in [0.15, 0.2) is 0 Å². The monoisotopic (exact) mass is 243 g/mol. The number of ether oxygens (including phenoxy) is 1. The molecule has 3 aromatic rings. The predicted octanol–water partition coefficient (Wildman–Crippen LogP) is 1.53. The fraction of sp³-hybridized carbons (Fsp3) is 0.0909. The van der Waals surface area contributed by atoms with Crippen LogP contribution in [0.2, 0.25) is 0 Å². The van der Waals surface area contributed by atoms with Gasteiger partial charge in [0.05, 0.1) is 7.11 Å². The Kier molecular flexibility index (Phi) is 2.49. The van der Waals surface area contributed by atoms with E-state index in [1.807, 2.05) is 6.07 Å². The molecule has 0 unspecified atom stereocenters. The number of hydrogen-bond acceptors (Lipinski definition) is 6. The van der Waals surface area contributed by atoms with Gasteiger partial charge in [0.1, 0.15) is 5.69 Å². The topological polar surface area (TPSA) is 89.7 Å². The van der Waals surface area contributed by atoms with E-state index in [9.17, 15) is 0 Å². The van der Waals surface area contributed by atoms with Crippen molar-refractivity contribution in [2.75, 3.05) is 7.11 Å². The minimum absolute atomic E-state index is 0.387. The highest BCUT2D eigenvalue weighted by Crippen LogP contribution is 2.20. The van der Waals surface area contributed by atoms with E-state index in [1.54, 1.807) is 31.6 Å². The summed E-state index contributed by atoms with van der Waals surface area (Å²) >= 11 is 0. The first kappa shape index (κ1) is 10.5. The van der Waals surface area contributed by atoms with Gasteiger partial charge in [-0.05, 0) is 12.1 Å². The van der Waals surface area contributed by atoms with E-state index in [0.717, 1.165) is 5.56 Å². The molecule has 7 heteroatoms. The lowest BCUT2D eigenvalue weighted by Crippen LogP contribution is -1.88. The van der Waals surface area contributed by atoms with Gasteiger partial charge in [-0.15, -0.1) is 0 Å². The van der Waals surface area contributed by atoms with Crippen molar-refractivity contribution in [1.82, 2.24) is 25.3 Å². The summed E-state index contributed by atoms with van der Waals surface area (Å²) in [6, 6.07) is 5.30. The maximum Gasteiger partial charge on any atom is 0.276 e. The standard InChI is InChI=1S/C11H9N5O2/c1-17-9-3-2-7(6-12-9)10-14-11(18-16-10)8-4-5-13-15-8/h2-6H,1H3,(H,13,15). The number of aromatic amines is 1. The second kappa shape index (κ2) is 4.28. The van der Waals surface area contributed by atoms with E-state index in [0.29, 0.717) is 23.3 Å². The van der Waals surface area contributed by atoms with Crippen molar-refractivity contribution in [2.45, 2.75) is 0 Å². The van der Waals surface area contributed by atoms with Gasteiger partial charge in [-0.2, -0.15) is 10.1 Å². The maximum absolute atomic E-state index is 5.13. The lowest BCUT2D eigenvalue weighted by atomic mass is 10.3. The molecule has 18 heavy (non-hydrogen) atoms. The molecule has 0 amide bonds. The van der Waals surface area contributed by atoms with Crippen molar-refractivity contribution in [3.63, 3.8) is 0 Å². The Balaban J connectivity index is 1.92. The normalized spacial score (nSPS) is 10.5. The number of nitrogens with one attached hydrogen (secondary N) is 1. The van der Waals surface area contributed by atoms with E-state index in [-0.39, 0.29) is 0 Å². The van der Waals surface area contributed by atoms with Crippen LogP contribution < -0.4 is 4.74 Å². The molecule has 0 bridgehead atoms. The van der Waals surface area contributed by atoms with Crippen molar-refractivity contribution in [2.24, 2.45) is 0 Å². The molecule has 7 nitrogen and oxygen atoms in total. The van der Waals surface area contributed by atoms with Crippen LogP contribution in [0.4, 0.5) is 0 Å². The van der Waals surface area contributed by atoms with Crippen LogP contribution in [-0.4, -0.2) is 32.4 Å². The molecule has 0 radical (unpaired) electrons. The van der Waals surface area contributed by atoms with Crippen molar-refractivity contribution in [3.8, 4) is 28.9 Å². The third-order valence-corrected chi connectivity index (χ3v) is 2.36. The Bertz CT molecular complexity index is 630. The molecule has 0 atom stereocenters. The third-order valence-electron chi connectivity index (χ3n) is 2.36. The van der Waals surface area contributed by atoms with Gasteiger partial charge in [-0.1, -0.05) is 5.16 Å².